The van der Waals surface area contributed by atoms with E-state index in [1.807, 2.05) is 38.1 Å². The molecule has 22 heavy (non-hydrogen) atoms. The first kappa shape index (κ1) is 15.4. The summed E-state index contributed by atoms with van der Waals surface area (Å²) in [6, 6.07) is 8.08. The van der Waals surface area contributed by atoms with Crippen LogP contribution in [-0.2, 0) is 4.79 Å². The summed E-state index contributed by atoms with van der Waals surface area (Å²) in [6.07, 6.45) is 4.96. The molecule has 0 aromatic heterocycles. The zero-order chi connectivity index (χ0) is 15.7. The minimum Gasteiger partial charge on any atom is -0.481 e. The number of benzene rings is 1. The highest BCUT2D eigenvalue weighted by molar-refractivity contribution is 5.81. The molecule has 0 radical (unpaired) electrons. The molecule has 3 heteroatoms. The van der Waals surface area contributed by atoms with Gasteiger partial charge in [-0.15, -0.1) is 0 Å². The molecule has 1 aromatic carbocycles. The first-order valence-electron chi connectivity index (χ1n) is 8.56. The molecule has 2 aliphatic carbocycles. The summed E-state index contributed by atoms with van der Waals surface area (Å²) in [5.74, 6) is 3.15. The van der Waals surface area contributed by atoms with E-state index in [1.54, 1.807) is 0 Å². The van der Waals surface area contributed by atoms with Crippen molar-refractivity contribution >= 4 is 5.91 Å². The van der Waals surface area contributed by atoms with Gasteiger partial charge in [0, 0.05) is 6.04 Å². The fourth-order valence-corrected chi connectivity index (χ4v) is 4.23. The minimum absolute atomic E-state index is 0.00384. The smallest absolute Gasteiger partial charge is 0.260 e. The van der Waals surface area contributed by atoms with Gasteiger partial charge in [0.15, 0.2) is 6.10 Å². The second-order valence-corrected chi connectivity index (χ2v) is 7.21. The molecule has 3 nitrogen and oxygen atoms in total. The van der Waals surface area contributed by atoms with Gasteiger partial charge in [-0.1, -0.05) is 24.1 Å². The summed E-state index contributed by atoms with van der Waals surface area (Å²) in [5, 5.41) is 3.17. The lowest BCUT2D eigenvalue weighted by Gasteiger charge is -2.29. The van der Waals surface area contributed by atoms with Crippen LogP contribution in [0, 0.1) is 24.7 Å². The minimum atomic E-state index is -0.455. The SMILES string of the molecule is Cc1ccc(O[C@H](C)C(=O)N[C@H](C)[C@H]2C[C@H]3CC[C@H]2C3)cc1. The Morgan fingerprint density at radius 3 is 2.50 bits per heavy atom. The Labute approximate surface area is 133 Å². The Hall–Kier alpha value is -1.51. The predicted molar refractivity (Wildman–Crippen MR) is 87.8 cm³/mol. The number of carbonyl (C=O) groups excluding carboxylic acids is 1. The van der Waals surface area contributed by atoms with E-state index in [9.17, 15) is 4.79 Å². The molecule has 2 bridgehead atoms. The zero-order valence-corrected chi connectivity index (χ0v) is 13.8. The number of fused-ring (bicyclic) bond motifs is 2. The van der Waals surface area contributed by atoms with Crippen LogP contribution < -0.4 is 10.1 Å². The lowest BCUT2D eigenvalue weighted by molar-refractivity contribution is -0.128. The van der Waals surface area contributed by atoms with Crippen LogP contribution in [0.4, 0.5) is 0 Å². The van der Waals surface area contributed by atoms with Gasteiger partial charge in [-0.3, -0.25) is 4.79 Å². The molecular formula is C19H27NO2. The largest absolute Gasteiger partial charge is 0.481 e. The quantitative estimate of drug-likeness (QED) is 0.900. The van der Waals surface area contributed by atoms with Crippen molar-refractivity contribution in [2.24, 2.45) is 17.8 Å². The Bertz CT molecular complexity index is 525. The monoisotopic (exact) mass is 301 g/mol. The zero-order valence-electron chi connectivity index (χ0n) is 13.8. The van der Waals surface area contributed by atoms with Crippen LogP contribution in [0.15, 0.2) is 24.3 Å². The molecule has 5 atom stereocenters. The van der Waals surface area contributed by atoms with Crippen molar-refractivity contribution in [2.75, 3.05) is 0 Å². The van der Waals surface area contributed by atoms with Crippen LogP contribution >= 0.6 is 0 Å². The maximum Gasteiger partial charge on any atom is 0.260 e. The van der Waals surface area contributed by atoms with Gasteiger partial charge in [-0.2, -0.15) is 0 Å². The average Bonchev–Trinajstić information content (AvgIpc) is 3.12. The molecular weight excluding hydrogens is 274 g/mol. The highest BCUT2D eigenvalue weighted by Crippen LogP contribution is 2.49. The maximum atomic E-state index is 12.4. The Morgan fingerprint density at radius 1 is 1.18 bits per heavy atom. The molecule has 120 valence electrons. The summed E-state index contributed by atoms with van der Waals surface area (Å²) in [5.41, 5.74) is 1.19. The van der Waals surface area contributed by atoms with Crippen LogP contribution in [-0.4, -0.2) is 18.1 Å². The van der Waals surface area contributed by atoms with Crippen molar-refractivity contribution in [3.63, 3.8) is 0 Å². The van der Waals surface area contributed by atoms with Gasteiger partial charge in [0.1, 0.15) is 5.75 Å². The lowest BCUT2D eigenvalue weighted by atomic mass is 9.84. The van der Waals surface area contributed by atoms with E-state index in [4.69, 9.17) is 4.74 Å². The number of carbonyl (C=O) groups is 1. The number of amides is 1. The average molecular weight is 301 g/mol. The van der Waals surface area contributed by atoms with Crippen molar-refractivity contribution in [2.45, 2.75) is 58.6 Å². The summed E-state index contributed by atoms with van der Waals surface area (Å²) < 4.78 is 5.74. The second kappa shape index (κ2) is 6.31. The molecule has 2 saturated carbocycles. The molecule has 0 spiro atoms. The highest BCUT2D eigenvalue weighted by Gasteiger charge is 2.42. The molecule has 1 aromatic rings. The Balaban J connectivity index is 1.51. The number of ether oxygens (including phenoxy) is 1. The summed E-state index contributed by atoms with van der Waals surface area (Å²) in [6.45, 7) is 6.02. The van der Waals surface area contributed by atoms with Gasteiger partial charge in [0.25, 0.3) is 5.91 Å². The van der Waals surface area contributed by atoms with E-state index >= 15 is 0 Å². The Kier molecular flexibility index (Phi) is 4.42. The van der Waals surface area contributed by atoms with Gasteiger partial charge >= 0.3 is 0 Å². The van der Waals surface area contributed by atoms with Crippen LogP contribution in [0.1, 0.15) is 45.1 Å². The van der Waals surface area contributed by atoms with Gasteiger partial charge < -0.3 is 10.1 Å². The van der Waals surface area contributed by atoms with Crippen molar-refractivity contribution < 1.29 is 9.53 Å². The molecule has 2 fully saturated rings. The van der Waals surface area contributed by atoms with Crippen molar-refractivity contribution in [1.29, 1.82) is 0 Å². The molecule has 1 amide bonds. The molecule has 1 N–H and O–H groups in total. The summed E-state index contributed by atoms with van der Waals surface area (Å²) >= 11 is 0. The van der Waals surface area contributed by atoms with Crippen molar-refractivity contribution in [3.8, 4) is 5.75 Å². The fraction of sp³-hybridized carbons (Fsp3) is 0.632. The van der Waals surface area contributed by atoms with Crippen LogP contribution in [0.5, 0.6) is 5.75 Å². The molecule has 0 saturated heterocycles. The van der Waals surface area contributed by atoms with Crippen molar-refractivity contribution in [1.82, 2.24) is 5.32 Å². The van der Waals surface area contributed by atoms with Crippen molar-refractivity contribution in [3.05, 3.63) is 29.8 Å². The number of aryl methyl sites for hydroxylation is 1. The van der Waals surface area contributed by atoms with Gasteiger partial charge in [0.05, 0.1) is 0 Å². The van der Waals surface area contributed by atoms with E-state index in [0.717, 1.165) is 17.6 Å². The number of hydrogen-bond donors (Lipinski definition) is 1. The third-order valence-corrected chi connectivity index (χ3v) is 5.51. The second-order valence-electron chi connectivity index (χ2n) is 7.21. The van der Waals surface area contributed by atoms with E-state index in [-0.39, 0.29) is 11.9 Å². The molecule has 2 aliphatic rings. The molecule has 0 unspecified atom stereocenters. The van der Waals surface area contributed by atoms with Crippen LogP contribution in [0.25, 0.3) is 0 Å². The predicted octanol–water partition coefficient (Wildman–Crippen LogP) is 3.70. The van der Waals surface area contributed by atoms with E-state index < -0.39 is 6.10 Å². The maximum absolute atomic E-state index is 12.4. The number of nitrogens with one attached hydrogen (secondary N) is 1. The Morgan fingerprint density at radius 2 is 1.91 bits per heavy atom. The summed E-state index contributed by atoms with van der Waals surface area (Å²) in [7, 11) is 0. The normalized spacial score (nSPS) is 29.1. The van der Waals surface area contributed by atoms with E-state index in [2.05, 4.69) is 12.2 Å². The first-order valence-corrected chi connectivity index (χ1v) is 8.56. The molecule has 3 rings (SSSR count). The summed E-state index contributed by atoms with van der Waals surface area (Å²) in [4.78, 5) is 12.4. The van der Waals surface area contributed by atoms with Crippen LogP contribution in [0.3, 0.4) is 0 Å². The lowest BCUT2D eigenvalue weighted by Crippen LogP contribution is -2.45. The van der Waals surface area contributed by atoms with Gasteiger partial charge in [-0.05, 0) is 69.9 Å². The fourth-order valence-electron chi connectivity index (χ4n) is 4.23. The molecule has 0 aliphatic heterocycles. The number of hydrogen-bond acceptors (Lipinski definition) is 2. The molecule has 0 heterocycles. The topological polar surface area (TPSA) is 38.3 Å². The van der Waals surface area contributed by atoms with Gasteiger partial charge in [0.2, 0.25) is 0 Å². The first-order chi connectivity index (χ1) is 10.5. The van der Waals surface area contributed by atoms with Crippen LogP contribution in [0.2, 0.25) is 0 Å². The van der Waals surface area contributed by atoms with E-state index in [1.165, 1.54) is 31.2 Å². The standard InChI is InChI=1S/C19H27NO2/c1-12-4-8-17(9-5-12)22-14(3)19(21)20-13(2)18-11-15-6-7-16(18)10-15/h4-5,8-9,13-16,18H,6-7,10-11H2,1-3H3,(H,20,21)/t13-,14-,15+,16+,18-/m1/s1. The third-order valence-electron chi connectivity index (χ3n) is 5.51. The highest BCUT2D eigenvalue weighted by atomic mass is 16.5. The van der Waals surface area contributed by atoms with E-state index in [0.29, 0.717) is 5.92 Å². The number of rotatable bonds is 5. The third kappa shape index (κ3) is 3.29. The van der Waals surface area contributed by atoms with Gasteiger partial charge in [-0.25, -0.2) is 0 Å².